The van der Waals surface area contributed by atoms with Crippen molar-refractivity contribution in [3.05, 3.63) is 29.8 Å². The maximum absolute atomic E-state index is 12.3. The van der Waals surface area contributed by atoms with E-state index in [0.717, 1.165) is 6.42 Å². The van der Waals surface area contributed by atoms with Crippen molar-refractivity contribution < 1.29 is 18.6 Å². The Morgan fingerprint density at radius 3 is 2.60 bits per heavy atom. The number of para-hydroxylation sites is 1. The fraction of sp³-hybridized carbons (Fsp3) is 0.600. The summed E-state index contributed by atoms with van der Waals surface area (Å²) in [6.45, 7) is 3.70. The predicted molar refractivity (Wildman–Crippen MR) is 74.9 cm³/mol. The Balaban J connectivity index is 2.58. The van der Waals surface area contributed by atoms with Crippen LogP contribution in [-0.2, 0) is 6.54 Å². The molecule has 0 aliphatic rings. The average molecular weight is 287 g/mol. The van der Waals surface area contributed by atoms with Crippen LogP contribution in [0.3, 0.4) is 0 Å². The van der Waals surface area contributed by atoms with E-state index in [1.54, 1.807) is 25.1 Å². The molecule has 2 N–H and O–H groups in total. The zero-order valence-corrected chi connectivity index (χ0v) is 12.2. The molecule has 114 valence electrons. The number of halogens is 2. The number of hydrogen-bond donors (Lipinski definition) is 2. The zero-order chi connectivity index (χ0) is 15.2. The highest BCUT2D eigenvalue weighted by molar-refractivity contribution is 5.33. The molecule has 1 aromatic rings. The van der Waals surface area contributed by atoms with Crippen LogP contribution < -0.4 is 10.1 Å². The third-order valence-electron chi connectivity index (χ3n) is 3.66. The summed E-state index contributed by atoms with van der Waals surface area (Å²) >= 11 is 0. The fourth-order valence-corrected chi connectivity index (χ4v) is 1.93. The molecule has 0 aliphatic carbocycles. The molecule has 20 heavy (non-hydrogen) atoms. The van der Waals surface area contributed by atoms with Crippen molar-refractivity contribution in [2.45, 2.75) is 45.9 Å². The van der Waals surface area contributed by atoms with Crippen LogP contribution in [-0.4, -0.2) is 23.9 Å². The molecule has 0 saturated carbocycles. The minimum atomic E-state index is -2.83. The van der Waals surface area contributed by atoms with Crippen LogP contribution in [0, 0.1) is 5.92 Å². The molecule has 0 amide bonds. The van der Waals surface area contributed by atoms with Crippen LogP contribution in [0.25, 0.3) is 0 Å². The first kappa shape index (κ1) is 16.9. The molecule has 2 atom stereocenters. The number of aliphatic hydroxyl groups is 1. The van der Waals surface area contributed by atoms with Gasteiger partial charge in [-0.2, -0.15) is 8.78 Å². The van der Waals surface area contributed by atoms with Crippen molar-refractivity contribution in [2.75, 3.05) is 6.54 Å². The summed E-state index contributed by atoms with van der Waals surface area (Å²) in [7, 11) is 0. The Labute approximate surface area is 119 Å². The molecule has 0 saturated heterocycles. The van der Waals surface area contributed by atoms with Gasteiger partial charge < -0.3 is 15.2 Å². The van der Waals surface area contributed by atoms with Gasteiger partial charge in [0.15, 0.2) is 0 Å². The molecule has 0 fully saturated rings. The highest BCUT2D eigenvalue weighted by Crippen LogP contribution is 2.21. The van der Waals surface area contributed by atoms with Crippen LogP contribution in [0.1, 0.15) is 32.8 Å². The van der Waals surface area contributed by atoms with Crippen LogP contribution in [0.15, 0.2) is 24.3 Å². The number of alkyl halides is 2. The summed E-state index contributed by atoms with van der Waals surface area (Å²) in [5, 5.41) is 13.4. The minimum Gasteiger partial charge on any atom is -0.434 e. The van der Waals surface area contributed by atoms with Crippen molar-refractivity contribution in [2.24, 2.45) is 5.92 Å². The number of hydrogen-bond acceptors (Lipinski definition) is 3. The molecule has 1 rings (SSSR count). The number of nitrogens with one attached hydrogen (secondary N) is 1. The van der Waals surface area contributed by atoms with Crippen molar-refractivity contribution in [3.63, 3.8) is 0 Å². The van der Waals surface area contributed by atoms with E-state index in [0.29, 0.717) is 18.7 Å². The Kier molecular flexibility index (Phi) is 6.36. The second kappa shape index (κ2) is 7.55. The summed E-state index contributed by atoms with van der Waals surface area (Å²) in [5.74, 6) is 0.320. The smallest absolute Gasteiger partial charge is 0.387 e. The maximum Gasteiger partial charge on any atom is 0.387 e. The Bertz CT molecular complexity index is 411. The van der Waals surface area contributed by atoms with Gasteiger partial charge in [-0.1, -0.05) is 38.5 Å². The monoisotopic (exact) mass is 287 g/mol. The topological polar surface area (TPSA) is 41.5 Å². The average Bonchev–Trinajstić information content (AvgIpc) is 2.39. The summed E-state index contributed by atoms with van der Waals surface area (Å²) in [6.07, 6.45) is 0.875. The van der Waals surface area contributed by atoms with Crippen molar-refractivity contribution >= 4 is 0 Å². The lowest BCUT2D eigenvalue weighted by Gasteiger charge is -2.30. The standard InChI is InChI=1S/C15H23F2NO2/c1-4-11(2)15(3,19)10-18-9-12-7-5-6-8-13(12)20-14(16)17/h5-8,11,14,18-19H,4,9-10H2,1-3H3. The third-order valence-corrected chi connectivity index (χ3v) is 3.66. The second-order valence-corrected chi connectivity index (χ2v) is 5.26. The first-order chi connectivity index (χ1) is 9.36. The molecule has 0 bridgehead atoms. The second-order valence-electron chi connectivity index (χ2n) is 5.26. The molecule has 1 aromatic carbocycles. The van der Waals surface area contributed by atoms with E-state index in [1.165, 1.54) is 6.07 Å². The van der Waals surface area contributed by atoms with Gasteiger partial charge in [0, 0.05) is 18.7 Å². The van der Waals surface area contributed by atoms with E-state index >= 15 is 0 Å². The fourth-order valence-electron chi connectivity index (χ4n) is 1.93. The Morgan fingerprint density at radius 2 is 2.00 bits per heavy atom. The highest BCUT2D eigenvalue weighted by atomic mass is 19.3. The third kappa shape index (κ3) is 5.06. The normalized spacial score (nSPS) is 15.9. The van der Waals surface area contributed by atoms with Gasteiger partial charge in [0.05, 0.1) is 5.60 Å². The molecule has 0 radical (unpaired) electrons. The van der Waals surface area contributed by atoms with E-state index < -0.39 is 12.2 Å². The lowest BCUT2D eigenvalue weighted by molar-refractivity contribution is -0.0506. The van der Waals surface area contributed by atoms with Gasteiger partial charge in [0.2, 0.25) is 0 Å². The van der Waals surface area contributed by atoms with Crippen molar-refractivity contribution in [1.82, 2.24) is 5.32 Å². The summed E-state index contributed by atoms with van der Waals surface area (Å²) < 4.78 is 29.0. The Hall–Kier alpha value is -1.20. The SMILES string of the molecule is CCC(C)C(C)(O)CNCc1ccccc1OC(F)F. The number of ether oxygens (including phenoxy) is 1. The lowest BCUT2D eigenvalue weighted by Crippen LogP contribution is -2.42. The molecular weight excluding hydrogens is 264 g/mol. The highest BCUT2D eigenvalue weighted by Gasteiger charge is 2.26. The molecule has 2 unspecified atom stereocenters. The van der Waals surface area contributed by atoms with Crippen LogP contribution in [0.2, 0.25) is 0 Å². The molecule has 3 nitrogen and oxygen atoms in total. The number of benzene rings is 1. The molecular formula is C15H23F2NO2. The molecule has 0 spiro atoms. The molecule has 0 heterocycles. The van der Waals surface area contributed by atoms with E-state index in [2.05, 4.69) is 10.1 Å². The first-order valence-corrected chi connectivity index (χ1v) is 6.82. The van der Waals surface area contributed by atoms with Crippen LogP contribution >= 0.6 is 0 Å². The van der Waals surface area contributed by atoms with Gasteiger partial charge in [-0.25, -0.2) is 0 Å². The first-order valence-electron chi connectivity index (χ1n) is 6.82. The minimum absolute atomic E-state index is 0.155. The molecule has 0 aliphatic heterocycles. The van der Waals surface area contributed by atoms with E-state index in [-0.39, 0.29) is 11.7 Å². The molecule has 5 heteroatoms. The van der Waals surface area contributed by atoms with E-state index in [1.807, 2.05) is 13.8 Å². The van der Waals surface area contributed by atoms with Crippen molar-refractivity contribution in [1.29, 1.82) is 0 Å². The number of rotatable bonds is 8. The van der Waals surface area contributed by atoms with E-state index in [4.69, 9.17) is 0 Å². The summed E-state index contributed by atoms with van der Waals surface area (Å²) in [5.41, 5.74) is -0.180. The van der Waals surface area contributed by atoms with Gasteiger partial charge >= 0.3 is 6.61 Å². The molecule has 0 aromatic heterocycles. The summed E-state index contributed by atoms with van der Waals surface area (Å²) in [6, 6.07) is 6.65. The van der Waals surface area contributed by atoms with Crippen LogP contribution in [0.5, 0.6) is 5.75 Å². The van der Waals surface area contributed by atoms with Crippen molar-refractivity contribution in [3.8, 4) is 5.75 Å². The van der Waals surface area contributed by atoms with Gasteiger partial charge in [0.1, 0.15) is 5.75 Å². The van der Waals surface area contributed by atoms with Gasteiger partial charge in [0.25, 0.3) is 0 Å². The summed E-state index contributed by atoms with van der Waals surface area (Å²) in [4.78, 5) is 0. The zero-order valence-electron chi connectivity index (χ0n) is 12.2. The van der Waals surface area contributed by atoms with Crippen LogP contribution in [0.4, 0.5) is 8.78 Å². The largest absolute Gasteiger partial charge is 0.434 e. The van der Waals surface area contributed by atoms with Gasteiger partial charge in [-0.15, -0.1) is 0 Å². The lowest BCUT2D eigenvalue weighted by atomic mass is 9.88. The van der Waals surface area contributed by atoms with Gasteiger partial charge in [-0.05, 0) is 18.9 Å². The maximum atomic E-state index is 12.3. The van der Waals surface area contributed by atoms with E-state index in [9.17, 15) is 13.9 Å². The van der Waals surface area contributed by atoms with Gasteiger partial charge in [-0.3, -0.25) is 0 Å². The quantitative estimate of drug-likeness (QED) is 0.771. The predicted octanol–water partition coefficient (Wildman–Crippen LogP) is 3.17. The Morgan fingerprint density at radius 1 is 1.35 bits per heavy atom.